The Hall–Kier alpha value is -2.72. The van der Waals surface area contributed by atoms with Crippen molar-refractivity contribution in [3.63, 3.8) is 0 Å². The molecule has 4 nitrogen and oxygen atoms in total. The molecule has 0 radical (unpaired) electrons. The highest BCUT2D eigenvalue weighted by molar-refractivity contribution is 5.91. The molecule has 4 rings (SSSR count). The Labute approximate surface area is 179 Å². The summed E-state index contributed by atoms with van der Waals surface area (Å²) in [6.07, 6.45) is 10.6. The normalized spacial score (nSPS) is 17.9. The van der Waals surface area contributed by atoms with Crippen LogP contribution >= 0.6 is 0 Å². The molecule has 1 aromatic heterocycles. The smallest absolute Gasteiger partial charge is 0.246 e. The number of carbonyl (C=O) groups is 1. The van der Waals surface area contributed by atoms with Crippen molar-refractivity contribution in [2.75, 3.05) is 32.7 Å². The fourth-order valence-electron chi connectivity index (χ4n) is 4.18. The summed E-state index contributed by atoms with van der Waals surface area (Å²) < 4.78 is 0. The van der Waals surface area contributed by atoms with Crippen LogP contribution < -0.4 is 0 Å². The highest BCUT2D eigenvalue weighted by atomic mass is 16.2. The van der Waals surface area contributed by atoms with Gasteiger partial charge >= 0.3 is 0 Å². The van der Waals surface area contributed by atoms with E-state index in [1.807, 2.05) is 23.1 Å². The van der Waals surface area contributed by atoms with Gasteiger partial charge in [0.1, 0.15) is 0 Å². The van der Waals surface area contributed by atoms with Crippen molar-refractivity contribution in [3.8, 4) is 0 Å². The van der Waals surface area contributed by atoms with Crippen molar-refractivity contribution >= 4 is 17.6 Å². The Balaban J connectivity index is 1.58. The summed E-state index contributed by atoms with van der Waals surface area (Å²) in [5.41, 5.74) is 5.36. The van der Waals surface area contributed by atoms with E-state index < -0.39 is 0 Å². The molecular formula is C26H31N3O. The fourth-order valence-corrected chi connectivity index (χ4v) is 4.18. The zero-order valence-electron chi connectivity index (χ0n) is 17.9. The number of amides is 1. The summed E-state index contributed by atoms with van der Waals surface area (Å²) in [5, 5.41) is 0. The average Bonchev–Trinajstić information content (AvgIpc) is 3.48. The zero-order chi connectivity index (χ0) is 20.8. The number of likely N-dealkylation sites (tertiary alicyclic amines) is 2. The maximum absolute atomic E-state index is 12.3. The second kappa shape index (κ2) is 9.86. The van der Waals surface area contributed by atoms with Crippen molar-refractivity contribution < 1.29 is 4.79 Å². The molecular weight excluding hydrogens is 370 g/mol. The van der Waals surface area contributed by atoms with Gasteiger partial charge in [-0.15, -0.1) is 0 Å². The van der Waals surface area contributed by atoms with Gasteiger partial charge in [0.25, 0.3) is 0 Å². The molecule has 3 heterocycles. The molecule has 2 saturated heterocycles. The van der Waals surface area contributed by atoms with E-state index in [1.165, 1.54) is 37.1 Å². The lowest BCUT2D eigenvalue weighted by Crippen LogP contribution is -2.25. The molecule has 0 bridgehead atoms. The molecule has 1 amide bonds. The second-order valence-corrected chi connectivity index (χ2v) is 8.30. The van der Waals surface area contributed by atoms with Crippen molar-refractivity contribution in [3.05, 3.63) is 77.1 Å². The van der Waals surface area contributed by atoms with Crippen LogP contribution in [0, 0.1) is 6.92 Å². The first kappa shape index (κ1) is 20.5. The van der Waals surface area contributed by atoms with Crippen LogP contribution in [0.25, 0.3) is 11.6 Å². The number of hydrogen-bond donors (Lipinski definition) is 0. The summed E-state index contributed by atoms with van der Waals surface area (Å²) in [6, 6.07) is 14.7. The van der Waals surface area contributed by atoms with Gasteiger partial charge in [-0.1, -0.05) is 42.0 Å². The zero-order valence-corrected chi connectivity index (χ0v) is 17.9. The predicted molar refractivity (Wildman–Crippen MR) is 123 cm³/mol. The van der Waals surface area contributed by atoms with E-state index in [9.17, 15) is 4.79 Å². The summed E-state index contributed by atoms with van der Waals surface area (Å²) in [6.45, 7) is 7.14. The third-order valence-electron chi connectivity index (χ3n) is 5.98. The molecule has 0 spiro atoms. The molecule has 2 aromatic rings. The van der Waals surface area contributed by atoms with Gasteiger partial charge < -0.3 is 4.90 Å². The third-order valence-corrected chi connectivity index (χ3v) is 5.98. The summed E-state index contributed by atoms with van der Waals surface area (Å²) in [5.74, 6) is 0.0861. The molecule has 30 heavy (non-hydrogen) atoms. The topological polar surface area (TPSA) is 36.4 Å². The van der Waals surface area contributed by atoms with Gasteiger partial charge in [-0.05, 0) is 69.5 Å². The Kier molecular flexibility index (Phi) is 6.75. The highest BCUT2D eigenvalue weighted by Gasteiger charge is 2.15. The summed E-state index contributed by atoms with van der Waals surface area (Å²) in [7, 11) is 0. The maximum Gasteiger partial charge on any atom is 0.246 e. The molecule has 0 atom stereocenters. The lowest BCUT2D eigenvalue weighted by atomic mass is 10.00. The standard InChI is InChI=1S/C26H31N3O/c1-21-9-11-22(12-10-21)24(15-20-28-16-2-3-17-28)25-8-6-7-23(27-25)13-14-26(30)29-18-4-5-19-29/h6-15H,2-5,16-20H2,1H3/b14-13+,24-15+. The molecule has 2 aliphatic rings. The monoisotopic (exact) mass is 401 g/mol. The van der Waals surface area contributed by atoms with Crippen molar-refractivity contribution in [1.29, 1.82) is 0 Å². The molecule has 4 heteroatoms. The van der Waals surface area contributed by atoms with Crippen LogP contribution in [0.15, 0.2) is 54.6 Å². The van der Waals surface area contributed by atoms with E-state index in [0.29, 0.717) is 0 Å². The van der Waals surface area contributed by atoms with E-state index in [2.05, 4.69) is 48.2 Å². The van der Waals surface area contributed by atoms with Gasteiger partial charge in [0.15, 0.2) is 0 Å². The fraction of sp³-hybridized carbons (Fsp3) is 0.385. The number of pyridine rings is 1. The Morgan fingerprint density at radius 3 is 2.40 bits per heavy atom. The summed E-state index contributed by atoms with van der Waals surface area (Å²) >= 11 is 0. The van der Waals surface area contributed by atoms with Crippen molar-refractivity contribution in [2.24, 2.45) is 0 Å². The van der Waals surface area contributed by atoms with Crippen LogP contribution in [-0.4, -0.2) is 53.4 Å². The molecule has 1 aromatic carbocycles. The van der Waals surface area contributed by atoms with E-state index in [4.69, 9.17) is 4.98 Å². The first-order valence-corrected chi connectivity index (χ1v) is 11.1. The van der Waals surface area contributed by atoms with Gasteiger partial charge in [0, 0.05) is 31.3 Å². The highest BCUT2D eigenvalue weighted by Crippen LogP contribution is 2.23. The molecule has 2 fully saturated rings. The minimum absolute atomic E-state index is 0.0861. The minimum atomic E-state index is 0.0861. The molecule has 2 aliphatic heterocycles. The molecule has 0 saturated carbocycles. The average molecular weight is 402 g/mol. The van der Waals surface area contributed by atoms with Gasteiger partial charge in [-0.3, -0.25) is 9.69 Å². The minimum Gasteiger partial charge on any atom is -0.339 e. The van der Waals surface area contributed by atoms with Crippen LogP contribution in [0.5, 0.6) is 0 Å². The third kappa shape index (κ3) is 5.25. The van der Waals surface area contributed by atoms with Gasteiger partial charge in [-0.25, -0.2) is 4.98 Å². The van der Waals surface area contributed by atoms with Crippen LogP contribution in [0.1, 0.15) is 48.2 Å². The SMILES string of the molecule is Cc1ccc(/C(=C\CN2CCCC2)c2cccc(/C=C/C(=O)N3CCCC3)n2)cc1. The first-order valence-electron chi connectivity index (χ1n) is 11.1. The Bertz CT molecular complexity index is 918. The lowest BCUT2D eigenvalue weighted by molar-refractivity contribution is -0.124. The van der Waals surface area contributed by atoms with Crippen LogP contribution in [0.3, 0.4) is 0 Å². The number of rotatable bonds is 6. The molecule has 0 N–H and O–H groups in total. The van der Waals surface area contributed by atoms with Gasteiger partial charge in [0.2, 0.25) is 5.91 Å². The quantitative estimate of drug-likeness (QED) is 0.666. The van der Waals surface area contributed by atoms with Crippen LogP contribution in [0.4, 0.5) is 0 Å². The number of aryl methyl sites for hydroxylation is 1. The number of benzene rings is 1. The Morgan fingerprint density at radius 1 is 0.967 bits per heavy atom. The molecule has 156 valence electrons. The van der Waals surface area contributed by atoms with E-state index >= 15 is 0 Å². The van der Waals surface area contributed by atoms with Crippen molar-refractivity contribution in [2.45, 2.75) is 32.6 Å². The van der Waals surface area contributed by atoms with E-state index in [1.54, 1.807) is 6.08 Å². The van der Waals surface area contributed by atoms with Crippen molar-refractivity contribution in [1.82, 2.24) is 14.8 Å². The number of aromatic nitrogens is 1. The van der Waals surface area contributed by atoms with Crippen LogP contribution in [-0.2, 0) is 4.79 Å². The lowest BCUT2D eigenvalue weighted by Gasteiger charge is -2.14. The maximum atomic E-state index is 12.3. The molecule has 0 unspecified atom stereocenters. The van der Waals surface area contributed by atoms with E-state index in [-0.39, 0.29) is 5.91 Å². The second-order valence-electron chi connectivity index (χ2n) is 8.30. The van der Waals surface area contributed by atoms with Crippen LogP contribution in [0.2, 0.25) is 0 Å². The summed E-state index contributed by atoms with van der Waals surface area (Å²) in [4.78, 5) is 21.6. The van der Waals surface area contributed by atoms with Gasteiger partial charge in [0.05, 0.1) is 11.4 Å². The van der Waals surface area contributed by atoms with Gasteiger partial charge in [-0.2, -0.15) is 0 Å². The number of carbonyl (C=O) groups excluding carboxylic acids is 1. The Morgan fingerprint density at radius 2 is 1.67 bits per heavy atom. The molecule has 0 aliphatic carbocycles. The predicted octanol–water partition coefficient (Wildman–Crippen LogP) is 4.55. The number of hydrogen-bond acceptors (Lipinski definition) is 3. The number of nitrogens with zero attached hydrogens (tertiary/aromatic N) is 3. The van der Waals surface area contributed by atoms with E-state index in [0.717, 1.165) is 49.4 Å². The largest absolute Gasteiger partial charge is 0.339 e. The first-order chi connectivity index (χ1) is 14.7.